The first-order valence-electron chi connectivity index (χ1n) is 7.47. The van der Waals surface area contributed by atoms with E-state index in [9.17, 15) is 4.79 Å². The summed E-state index contributed by atoms with van der Waals surface area (Å²) in [7, 11) is 0. The first kappa shape index (κ1) is 12.5. The zero-order valence-electron chi connectivity index (χ0n) is 12.1. The van der Waals surface area contributed by atoms with Crippen LogP contribution in [0.15, 0.2) is 17.1 Å². The van der Waals surface area contributed by atoms with Gasteiger partial charge in [0.05, 0.1) is 17.3 Å². The first-order valence-corrected chi connectivity index (χ1v) is 8.29. The molecule has 4 heterocycles. The Hall–Kier alpha value is -1.99. The molecule has 22 heavy (non-hydrogen) atoms. The van der Waals surface area contributed by atoms with Crippen molar-refractivity contribution in [1.29, 1.82) is 0 Å². The molecule has 0 bridgehead atoms. The molecule has 1 unspecified atom stereocenters. The molecule has 2 atom stereocenters. The molecule has 3 aromatic heterocycles. The quantitative estimate of drug-likeness (QED) is 0.674. The van der Waals surface area contributed by atoms with Crippen LogP contribution in [0, 0.1) is 12.8 Å². The van der Waals surface area contributed by atoms with E-state index in [1.807, 2.05) is 13.0 Å². The third-order valence-corrected chi connectivity index (χ3v) is 6.10. The lowest BCUT2D eigenvalue weighted by Crippen LogP contribution is -2.30. The molecule has 0 amide bonds. The smallest absolute Gasteiger partial charge is 0.268 e. The molecule has 2 aliphatic rings. The van der Waals surface area contributed by atoms with Gasteiger partial charge >= 0.3 is 0 Å². The van der Waals surface area contributed by atoms with E-state index in [2.05, 4.69) is 20.5 Å². The number of aromatic amines is 2. The van der Waals surface area contributed by atoms with Crippen LogP contribution in [-0.2, 0) is 5.54 Å². The fraction of sp³-hybridized carbons (Fsp3) is 0.400. The van der Waals surface area contributed by atoms with E-state index in [-0.39, 0.29) is 11.1 Å². The predicted molar refractivity (Wildman–Crippen MR) is 85.0 cm³/mol. The van der Waals surface area contributed by atoms with E-state index in [0.717, 1.165) is 40.4 Å². The van der Waals surface area contributed by atoms with Crippen LogP contribution < -0.4 is 10.9 Å². The maximum Gasteiger partial charge on any atom is 0.268 e. The summed E-state index contributed by atoms with van der Waals surface area (Å²) in [6.45, 7) is 2.99. The van der Waals surface area contributed by atoms with Crippen molar-refractivity contribution in [2.45, 2.75) is 25.3 Å². The molecule has 1 aliphatic heterocycles. The van der Waals surface area contributed by atoms with Crippen LogP contribution in [-0.4, -0.2) is 26.7 Å². The lowest BCUT2D eigenvalue weighted by Gasteiger charge is -2.12. The van der Waals surface area contributed by atoms with Gasteiger partial charge in [-0.05, 0) is 38.3 Å². The van der Waals surface area contributed by atoms with Crippen LogP contribution in [0.1, 0.15) is 24.4 Å². The number of hydrogen-bond acceptors (Lipinski definition) is 5. The molecule has 0 radical (unpaired) electrons. The second-order valence-electron chi connectivity index (χ2n) is 6.24. The highest BCUT2D eigenvalue weighted by molar-refractivity contribution is 7.22. The second-order valence-corrected chi connectivity index (χ2v) is 7.29. The molecule has 3 aromatic rings. The van der Waals surface area contributed by atoms with E-state index >= 15 is 0 Å². The van der Waals surface area contributed by atoms with Gasteiger partial charge in [0.25, 0.3) is 5.56 Å². The highest BCUT2D eigenvalue weighted by Crippen LogP contribution is 2.55. The Kier molecular flexibility index (Phi) is 2.31. The van der Waals surface area contributed by atoms with Crippen LogP contribution in [0.5, 0.6) is 0 Å². The normalized spacial score (nSPS) is 26.5. The Bertz CT molecular complexity index is 954. The number of nitrogens with one attached hydrogen (secondary N) is 3. The molecule has 3 N–H and O–H groups in total. The van der Waals surface area contributed by atoms with E-state index in [4.69, 9.17) is 4.98 Å². The van der Waals surface area contributed by atoms with Gasteiger partial charge in [-0.3, -0.25) is 9.89 Å². The fourth-order valence-corrected chi connectivity index (χ4v) is 4.68. The molecule has 6 nitrogen and oxygen atoms in total. The molecule has 0 aromatic carbocycles. The lowest BCUT2D eigenvalue weighted by atomic mass is 10.2. The molecule has 2 fully saturated rings. The maximum absolute atomic E-state index is 12.4. The van der Waals surface area contributed by atoms with Crippen LogP contribution in [0.4, 0.5) is 0 Å². The molecule has 1 saturated heterocycles. The van der Waals surface area contributed by atoms with E-state index in [0.29, 0.717) is 10.6 Å². The number of hydrogen-bond donors (Lipinski definition) is 3. The van der Waals surface area contributed by atoms with Gasteiger partial charge in [-0.2, -0.15) is 5.10 Å². The average molecular weight is 313 g/mol. The highest BCUT2D eigenvalue weighted by Gasteiger charge is 2.60. The summed E-state index contributed by atoms with van der Waals surface area (Å²) in [5.74, 6) is 1.43. The van der Waals surface area contributed by atoms with Gasteiger partial charge in [-0.15, -0.1) is 11.3 Å². The van der Waals surface area contributed by atoms with E-state index in [1.165, 1.54) is 17.8 Å². The van der Waals surface area contributed by atoms with Crippen molar-refractivity contribution < 1.29 is 0 Å². The molecule has 0 spiro atoms. The van der Waals surface area contributed by atoms with Gasteiger partial charge in [-0.25, -0.2) is 4.98 Å². The van der Waals surface area contributed by atoms with E-state index in [1.54, 1.807) is 6.20 Å². The molecule has 5 rings (SSSR count). The Morgan fingerprint density at radius 2 is 2.36 bits per heavy atom. The average Bonchev–Trinajstić information content (AvgIpc) is 2.92. The first-order chi connectivity index (χ1) is 10.7. The number of aryl methyl sites for hydroxylation is 1. The Labute approximate surface area is 130 Å². The number of thiophene rings is 1. The summed E-state index contributed by atoms with van der Waals surface area (Å²) in [5.41, 5.74) is 2.71. The minimum Gasteiger partial charge on any atom is -0.308 e. The fourth-order valence-electron chi connectivity index (χ4n) is 3.62. The van der Waals surface area contributed by atoms with Crippen LogP contribution in [0.3, 0.4) is 0 Å². The van der Waals surface area contributed by atoms with Gasteiger partial charge in [0.15, 0.2) is 0 Å². The summed E-state index contributed by atoms with van der Waals surface area (Å²) in [6, 6.07) is 2.00. The summed E-state index contributed by atoms with van der Waals surface area (Å²) in [4.78, 5) is 21.2. The topological polar surface area (TPSA) is 86.5 Å². The predicted octanol–water partition coefficient (Wildman–Crippen LogP) is 1.89. The van der Waals surface area contributed by atoms with E-state index < -0.39 is 0 Å². The van der Waals surface area contributed by atoms with Crippen molar-refractivity contribution in [2.24, 2.45) is 5.92 Å². The third kappa shape index (κ3) is 1.55. The Morgan fingerprint density at radius 3 is 3.05 bits per heavy atom. The number of aromatic nitrogens is 4. The standard InChI is InChI=1S/C15H15N5OS/c1-7-9(6-17-20-7)11-4-10-12(22-11)13(21)19-14(18-10)15-5-8(15)2-3-16-15/h4,6,8,16H,2-3,5H2,1H3,(H,17,20)(H,18,19,21)/t8?,15-/m0/s1. The number of piperidine rings is 1. The lowest BCUT2D eigenvalue weighted by molar-refractivity contribution is 0.544. The van der Waals surface area contributed by atoms with Crippen LogP contribution in [0.2, 0.25) is 0 Å². The Morgan fingerprint density at radius 1 is 1.45 bits per heavy atom. The number of rotatable bonds is 2. The second kappa shape index (κ2) is 4.05. The zero-order chi connectivity index (χ0) is 14.9. The third-order valence-electron chi connectivity index (χ3n) is 4.94. The van der Waals surface area contributed by atoms with Gasteiger partial charge in [-0.1, -0.05) is 0 Å². The molecular formula is C15H15N5OS. The number of H-pyrrole nitrogens is 2. The monoisotopic (exact) mass is 313 g/mol. The summed E-state index contributed by atoms with van der Waals surface area (Å²) < 4.78 is 0.686. The van der Waals surface area contributed by atoms with Gasteiger partial charge < -0.3 is 10.3 Å². The van der Waals surface area contributed by atoms with Crippen molar-refractivity contribution >= 4 is 21.6 Å². The summed E-state index contributed by atoms with van der Waals surface area (Å²) in [6.07, 6.45) is 4.05. The molecule has 1 aliphatic carbocycles. The summed E-state index contributed by atoms with van der Waals surface area (Å²) >= 11 is 1.47. The highest BCUT2D eigenvalue weighted by atomic mass is 32.1. The molecule has 112 valence electrons. The van der Waals surface area contributed by atoms with Crippen molar-refractivity contribution in [3.8, 4) is 10.4 Å². The number of nitrogens with zero attached hydrogens (tertiary/aromatic N) is 2. The minimum absolute atomic E-state index is 0.0360. The molecular weight excluding hydrogens is 298 g/mol. The summed E-state index contributed by atoms with van der Waals surface area (Å²) in [5, 5.41) is 10.5. The van der Waals surface area contributed by atoms with Gasteiger partial charge in [0.2, 0.25) is 0 Å². The largest absolute Gasteiger partial charge is 0.308 e. The van der Waals surface area contributed by atoms with Crippen LogP contribution >= 0.6 is 11.3 Å². The number of fused-ring (bicyclic) bond motifs is 2. The van der Waals surface area contributed by atoms with Crippen molar-refractivity contribution in [3.05, 3.63) is 34.1 Å². The molecule has 1 saturated carbocycles. The van der Waals surface area contributed by atoms with Crippen molar-refractivity contribution in [3.63, 3.8) is 0 Å². The maximum atomic E-state index is 12.4. The Balaban J connectivity index is 1.69. The zero-order valence-corrected chi connectivity index (χ0v) is 12.9. The van der Waals surface area contributed by atoms with Crippen molar-refractivity contribution in [1.82, 2.24) is 25.5 Å². The van der Waals surface area contributed by atoms with Crippen LogP contribution in [0.25, 0.3) is 20.7 Å². The van der Waals surface area contributed by atoms with Gasteiger partial charge in [0.1, 0.15) is 10.5 Å². The van der Waals surface area contributed by atoms with Crippen molar-refractivity contribution in [2.75, 3.05) is 6.54 Å². The SMILES string of the molecule is Cc1[nH]ncc1-c1cc2nc([C@]34CC3CCN4)[nH]c(=O)c2s1. The van der Waals surface area contributed by atoms with Gasteiger partial charge in [0, 0.05) is 16.1 Å². The molecule has 7 heteroatoms. The minimum atomic E-state index is -0.0684.